The van der Waals surface area contributed by atoms with Gasteiger partial charge in [0.2, 0.25) is 0 Å². The second kappa shape index (κ2) is 5.41. The highest BCUT2D eigenvalue weighted by molar-refractivity contribution is 7.98. The zero-order valence-corrected chi connectivity index (χ0v) is 10.2. The number of H-pyrrole nitrogens is 1. The van der Waals surface area contributed by atoms with Crippen molar-refractivity contribution in [1.29, 1.82) is 5.26 Å². The van der Waals surface area contributed by atoms with Crippen LogP contribution in [0.3, 0.4) is 0 Å². The Morgan fingerprint density at radius 3 is 3.06 bits per heavy atom. The predicted octanol–water partition coefficient (Wildman–Crippen LogP) is 2.62. The van der Waals surface area contributed by atoms with E-state index in [4.69, 9.17) is 5.26 Å². The molecule has 2 aromatic rings. The monoisotopic (exact) mass is 244 g/mol. The van der Waals surface area contributed by atoms with Crippen LogP contribution >= 0.6 is 11.8 Å². The molecule has 1 aromatic carbocycles. The van der Waals surface area contributed by atoms with Gasteiger partial charge in [0.1, 0.15) is 11.9 Å². The Morgan fingerprint density at radius 2 is 2.41 bits per heavy atom. The molecule has 0 fully saturated rings. The summed E-state index contributed by atoms with van der Waals surface area (Å²) in [6.07, 6.45) is 5.45. The number of rotatable bonds is 4. The van der Waals surface area contributed by atoms with Crippen molar-refractivity contribution in [2.45, 2.75) is 11.4 Å². The van der Waals surface area contributed by atoms with Crippen LogP contribution in [0.4, 0.5) is 5.69 Å². The lowest BCUT2D eigenvalue weighted by atomic mass is 10.2. The van der Waals surface area contributed by atoms with E-state index < -0.39 is 0 Å². The summed E-state index contributed by atoms with van der Waals surface area (Å²) in [7, 11) is 0. The van der Waals surface area contributed by atoms with Gasteiger partial charge in [-0.1, -0.05) is 6.07 Å². The molecule has 1 aromatic heterocycles. The van der Waals surface area contributed by atoms with E-state index in [2.05, 4.69) is 21.4 Å². The van der Waals surface area contributed by atoms with Gasteiger partial charge in [0.15, 0.2) is 0 Å². The summed E-state index contributed by atoms with van der Waals surface area (Å²) in [5.41, 5.74) is 1.53. The predicted molar refractivity (Wildman–Crippen MR) is 68.9 cm³/mol. The van der Waals surface area contributed by atoms with Gasteiger partial charge < -0.3 is 10.3 Å². The van der Waals surface area contributed by atoms with Gasteiger partial charge in [0, 0.05) is 17.3 Å². The summed E-state index contributed by atoms with van der Waals surface area (Å²) in [5.74, 6) is 0.850. The average molecular weight is 244 g/mol. The third-order valence-electron chi connectivity index (χ3n) is 2.36. The van der Waals surface area contributed by atoms with E-state index in [9.17, 15) is 0 Å². The van der Waals surface area contributed by atoms with Gasteiger partial charge in [0.25, 0.3) is 0 Å². The van der Waals surface area contributed by atoms with Crippen molar-refractivity contribution in [1.82, 2.24) is 9.97 Å². The summed E-state index contributed by atoms with van der Waals surface area (Å²) < 4.78 is 0. The maximum absolute atomic E-state index is 9.16. The van der Waals surface area contributed by atoms with E-state index >= 15 is 0 Å². The van der Waals surface area contributed by atoms with Crippen LogP contribution in [0, 0.1) is 11.3 Å². The van der Waals surface area contributed by atoms with E-state index in [0.717, 1.165) is 16.4 Å². The normalized spacial score (nSPS) is 9.88. The minimum absolute atomic E-state index is 0.583. The summed E-state index contributed by atoms with van der Waals surface area (Å²) in [4.78, 5) is 8.12. The Labute approximate surface area is 104 Å². The van der Waals surface area contributed by atoms with Crippen molar-refractivity contribution in [3.8, 4) is 6.07 Å². The lowest BCUT2D eigenvalue weighted by molar-refractivity contribution is 0.997. The Morgan fingerprint density at radius 1 is 1.53 bits per heavy atom. The van der Waals surface area contributed by atoms with E-state index in [1.807, 2.05) is 24.5 Å². The van der Waals surface area contributed by atoms with Gasteiger partial charge in [0.05, 0.1) is 17.8 Å². The molecule has 0 aliphatic carbocycles. The first-order valence-electron chi connectivity index (χ1n) is 5.14. The van der Waals surface area contributed by atoms with Crippen molar-refractivity contribution < 1.29 is 0 Å². The number of imidazole rings is 1. The number of benzene rings is 1. The zero-order valence-electron chi connectivity index (χ0n) is 9.40. The van der Waals surface area contributed by atoms with Crippen LogP contribution in [0.25, 0.3) is 0 Å². The largest absolute Gasteiger partial charge is 0.377 e. The van der Waals surface area contributed by atoms with Gasteiger partial charge in [-0.15, -0.1) is 11.8 Å². The molecular weight excluding hydrogens is 232 g/mol. The number of aromatic nitrogens is 2. The van der Waals surface area contributed by atoms with Crippen LogP contribution < -0.4 is 5.32 Å². The third kappa shape index (κ3) is 2.60. The maximum Gasteiger partial charge on any atom is 0.125 e. The van der Waals surface area contributed by atoms with Crippen molar-refractivity contribution in [3.05, 3.63) is 42.0 Å². The molecule has 4 nitrogen and oxygen atoms in total. The van der Waals surface area contributed by atoms with E-state index in [1.54, 1.807) is 24.2 Å². The molecule has 2 N–H and O–H groups in total. The fraction of sp³-hybridized carbons (Fsp3) is 0.167. The molecule has 0 unspecified atom stereocenters. The molecule has 0 spiro atoms. The van der Waals surface area contributed by atoms with E-state index in [0.29, 0.717) is 12.1 Å². The van der Waals surface area contributed by atoms with Gasteiger partial charge in [-0.2, -0.15) is 5.26 Å². The molecule has 0 aliphatic heterocycles. The first kappa shape index (κ1) is 11.6. The fourth-order valence-corrected chi connectivity index (χ4v) is 2.11. The third-order valence-corrected chi connectivity index (χ3v) is 3.14. The van der Waals surface area contributed by atoms with Crippen molar-refractivity contribution >= 4 is 17.4 Å². The summed E-state index contributed by atoms with van der Waals surface area (Å²) in [5, 5.41) is 12.4. The highest BCUT2D eigenvalue weighted by Crippen LogP contribution is 2.26. The van der Waals surface area contributed by atoms with Crippen molar-refractivity contribution in [2.75, 3.05) is 11.6 Å². The van der Waals surface area contributed by atoms with Crippen LogP contribution in [0.1, 0.15) is 11.4 Å². The molecule has 5 heteroatoms. The SMILES string of the molecule is CSc1cccc(NCc2ncc[nH]2)c1C#N. The molecule has 1 heterocycles. The van der Waals surface area contributed by atoms with Crippen molar-refractivity contribution in [3.63, 3.8) is 0 Å². The Kier molecular flexibility index (Phi) is 3.68. The minimum atomic E-state index is 0.583. The standard InChI is InChI=1S/C12H12N4S/c1-17-11-4-2-3-10(9(11)7-13)16-8-12-14-5-6-15-12/h2-6,16H,8H2,1H3,(H,14,15). The van der Waals surface area contributed by atoms with Crippen molar-refractivity contribution in [2.24, 2.45) is 0 Å². The average Bonchev–Trinajstić information content (AvgIpc) is 2.88. The lowest BCUT2D eigenvalue weighted by Gasteiger charge is -2.09. The van der Waals surface area contributed by atoms with Gasteiger partial charge >= 0.3 is 0 Å². The molecule has 0 saturated heterocycles. The zero-order chi connectivity index (χ0) is 12.1. The molecule has 0 bridgehead atoms. The fourth-order valence-electron chi connectivity index (χ4n) is 1.54. The number of nitrogens with one attached hydrogen (secondary N) is 2. The summed E-state index contributed by atoms with van der Waals surface area (Å²) in [6.45, 7) is 0.583. The van der Waals surface area contributed by atoms with Gasteiger partial charge in [-0.25, -0.2) is 4.98 Å². The van der Waals surface area contributed by atoms with Crippen LogP contribution in [0.5, 0.6) is 0 Å². The number of anilines is 1. The van der Waals surface area contributed by atoms with Gasteiger partial charge in [-0.3, -0.25) is 0 Å². The molecular formula is C12H12N4S. The molecule has 86 valence electrons. The number of thioether (sulfide) groups is 1. The first-order valence-corrected chi connectivity index (χ1v) is 6.37. The second-order valence-electron chi connectivity index (χ2n) is 3.38. The summed E-state index contributed by atoms with van der Waals surface area (Å²) in [6, 6.07) is 8.02. The van der Waals surface area contributed by atoms with E-state index in [1.165, 1.54) is 0 Å². The van der Waals surface area contributed by atoms with Crippen LogP contribution in [-0.4, -0.2) is 16.2 Å². The molecule has 2 rings (SSSR count). The number of hydrogen-bond donors (Lipinski definition) is 2. The number of nitriles is 1. The van der Waals surface area contributed by atoms with Crippen LogP contribution in [0.15, 0.2) is 35.5 Å². The Balaban J connectivity index is 2.18. The molecule has 0 saturated carbocycles. The molecule has 17 heavy (non-hydrogen) atoms. The lowest BCUT2D eigenvalue weighted by Crippen LogP contribution is -2.03. The topological polar surface area (TPSA) is 64.5 Å². The molecule has 0 amide bonds. The molecule has 0 aliphatic rings. The maximum atomic E-state index is 9.16. The second-order valence-corrected chi connectivity index (χ2v) is 4.23. The minimum Gasteiger partial charge on any atom is -0.377 e. The Hall–Kier alpha value is -1.93. The quantitative estimate of drug-likeness (QED) is 0.811. The molecule has 0 atom stereocenters. The van der Waals surface area contributed by atoms with E-state index in [-0.39, 0.29) is 0 Å². The van der Waals surface area contributed by atoms with Crippen LogP contribution in [0.2, 0.25) is 0 Å². The summed E-state index contributed by atoms with van der Waals surface area (Å²) >= 11 is 1.57. The number of aromatic amines is 1. The smallest absolute Gasteiger partial charge is 0.125 e. The highest BCUT2D eigenvalue weighted by Gasteiger charge is 2.06. The Bertz CT molecular complexity index is 528. The van der Waals surface area contributed by atoms with Gasteiger partial charge in [-0.05, 0) is 18.4 Å². The number of nitrogens with zero attached hydrogens (tertiary/aromatic N) is 2. The first-order chi connectivity index (χ1) is 8.35. The number of hydrogen-bond acceptors (Lipinski definition) is 4. The molecule has 0 radical (unpaired) electrons. The van der Waals surface area contributed by atoms with Crippen LogP contribution in [-0.2, 0) is 6.54 Å². The highest BCUT2D eigenvalue weighted by atomic mass is 32.2.